The fraction of sp³-hybridized carbons (Fsp3) is 0.200. The maximum atomic E-state index is 2.60. The van der Waals surface area contributed by atoms with Crippen LogP contribution in [-0.4, -0.2) is 5.92 Å². The van der Waals surface area contributed by atoms with Crippen LogP contribution in [0.15, 0.2) is 60.7 Å². The van der Waals surface area contributed by atoms with E-state index in [-0.39, 0.29) is 2.85 Å². The predicted octanol–water partition coefficient (Wildman–Crippen LogP) is 5.35. The normalized spacial score (nSPS) is 21.2. The summed E-state index contributed by atoms with van der Waals surface area (Å²) in [5, 5.41) is 0. The molecule has 0 fully saturated rings. The quantitative estimate of drug-likeness (QED) is 0.628. The van der Waals surface area contributed by atoms with Crippen LogP contribution >= 0.6 is 0 Å². The Kier molecular flexibility index (Phi) is 3.92. The molecule has 2 aromatic rings. The molecule has 111 valence electrons. The Hall–Kier alpha value is -0.980. The summed E-state index contributed by atoms with van der Waals surface area (Å²) in [6.07, 6.45) is 9.84. The zero-order chi connectivity index (χ0) is 15.1. The molecule has 0 saturated carbocycles. The van der Waals surface area contributed by atoms with E-state index >= 15 is 0 Å². The van der Waals surface area contributed by atoms with Gasteiger partial charge in [-0.15, -0.1) is 0 Å². The van der Waals surface area contributed by atoms with Crippen LogP contribution in [0.25, 0.3) is 12.2 Å². The van der Waals surface area contributed by atoms with E-state index in [2.05, 4.69) is 85.9 Å². The fourth-order valence-electron chi connectivity index (χ4n) is 3.99. The molecule has 0 spiro atoms. The first-order valence-corrected chi connectivity index (χ1v) is 18.1. The van der Waals surface area contributed by atoms with Crippen LogP contribution in [0.3, 0.4) is 0 Å². The van der Waals surface area contributed by atoms with Gasteiger partial charge < -0.3 is 2.85 Å². The van der Waals surface area contributed by atoms with E-state index in [9.17, 15) is 0 Å². The molecule has 0 radical (unpaired) electrons. The third-order valence-corrected chi connectivity index (χ3v) is 26.4. The van der Waals surface area contributed by atoms with Gasteiger partial charge in [0.2, 0.25) is 0 Å². The summed E-state index contributed by atoms with van der Waals surface area (Å²) in [4.78, 5) is 0. The minimum atomic E-state index is -1.62. The van der Waals surface area contributed by atoms with Crippen molar-refractivity contribution < 1.29 is 23.8 Å². The molecule has 2 heteroatoms. The Balaban J connectivity index is 0.00000104. The van der Waals surface area contributed by atoms with Crippen molar-refractivity contribution in [1.29, 1.82) is 0 Å². The summed E-state index contributed by atoms with van der Waals surface area (Å²) in [6.45, 7) is 5.19. The first kappa shape index (κ1) is 14.6. The van der Waals surface area contributed by atoms with E-state index in [1.165, 1.54) is 11.1 Å². The molecule has 0 saturated heterocycles. The molecule has 2 unspecified atom stereocenters. The second-order valence-electron chi connectivity index (χ2n) is 6.59. The number of benzene rings is 2. The van der Waals surface area contributed by atoms with Crippen molar-refractivity contribution in [2.75, 3.05) is 0 Å². The second kappa shape index (κ2) is 5.91. The Bertz CT molecular complexity index is 708. The van der Waals surface area contributed by atoms with Gasteiger partial charge in [-0.3, -0.25) is 0 Å². The van der Waals surface area contributed by atoms with Gasteiger partial charge in [-0.05, 0) is 0 Å². The van der Waals surface area contributed by atoms with Crippen molar-refractivity contribution in [2.45, 2.75) is 20.3 Å². The zero-order valence-corrected chi connectivity index (χ0v) is 16.8. The smallest absolute Gasteiger partial charge is 1.00 e. The molecule has 2 aliphatic rings. The molecule has 0 aliphatic heterocycles. The molecule has 0 N–H and O–H groups in total. The van der Waals surface area contributed by atoms with E-state index in [1.54, 1.807) is 11.1 Å². The molecule has 0 aromatic heterocycles. The van der Waals surface area contributed by atoms with Crippen LogP contribution in [0.2, 0.25) is 13.1 Å². The Morgan fingerprint density at radius 2 is 1.23 bits per heavy atom. The van der Waals surface area contributed by atoms with E-state index in [4.69, 9.17) is 0 Å². The summed E-state index contributed by atoms with van der Waals surface area (Å²) >= 11 is -1.62. The molecular weight excluding hydrogens is 360 g/mol. The van der Waals surface area contributed by atoms with Crippen LogP contribution in [0, 0.1) is 0 Å². The topological polar surface area (TPSA) is 0 Å². The predicted molar refractivity (Wildman–Crippen MR) is 97.5 cm³/mol. The monoisotopic (exact) mass is 381 g/mol. The molecule has 2 aromatic carbocycles. The van der Waals surface area contributed by atoms with Gasteiger partial charge in [0, 0.05) is 0 Å². The van der Waals surface area contributed by atoms with Crippen LogP contribution in [0.5, 0.6) is 0 Å². The van der Waals surface area contributed by atoms with Crippen molar-refractivity contribution in [2.24, 2.45) is 0 Å². The number of hydrogen-bond acceptors (Lipinski definition) is 0. The molecule has 0 heterocycles. The number of hydrogen-bond donors (Lipinski definition) is 0. The van der Waals surface area contributed by atoms with Gasteiger partial charge in [0.1, 0.15) is 0 Å². The van der Waals surface area contributed by atoms with E-state index in [1.807, 2.05) is 0 Å². The summed E-state index contributed by atoms with van der Waals surface area (Å²) in [5.41, 5.74) is 6.18. The maximum Gasteiger partial charge on any atom is -1.00 e. The fourth-order valence-corrected chi connectivity index (χ4v) is 25.0. The molecule has 4 rings (SSSR count). The summed E-state index contributed by atoms with van der Waals surface area (Å²) in [6, 6.07) is 18.1. The number of rotatable bonds is 3. The Morgan fingerprint density at radius 1 is 0.773 bits per heavy atom. The first-order valence-electron chi connectivity index (χ1n) is 8.16. The number of fused-ring (bicyclic) bond motifs is 2. The summed E-state index contributed by atoms with van der Waals surface area (Å²) in [5.74, 6) is -0.615. The SMILES string of the molecule is C[SiH](C)[Zr+2]([CH]1C=Cc2ccccc21)[CH]1C=Cc2ccccc21.[H-].[H-]. The molecule has 0 amide bonds. The van der Waals surface area contributed by atoms with Gasteiger partial charge in [-0.2, -0.15) is 0 Å². The van der Waals surface area contributed by atoms with Gasteiger partial charge in [0.05, 0.1) is 0 Å². The van der Waals surface area contributed by atoms with Crippen molar-refractivity contribution >= 4 is 18.1 Å². The molecule has 0 bridgehead atoms. The van der Waals surface area contributed by atoms with E-state index in [0.29, 0.717) is 0 Å². The van der Waals surface area contributed by atoms with Gasteiger partial charge in [-0.1, -0.05) is 0 Å². The molecule has 2 aliphatic carbocycles. The third kappa shape index (κ3) is 2.37. The Morgan fingerprint density at radius 3 is 1.68 bits per heavy atom. The minimum Gasteiger partial charge on any atom is -1.00 e. The van der Waals surface area contributed by atoms with Gasteiger partial charge in [-0.25, -0.2) is 0 Å². The van der Waals surface area contributed by atoms with Crippen LogP contribution < -0.4 is 0 Å². The van der Waals surface area contributed by atoms with Crippen molar-refractivity contribution in [1.82, 2.24) is 0 Å². The van der Waals surface area contributed by atoms with Crippen molar-refractivity contribution in [3.8, 4) is 0 Å². The van der Waals surface area contributed by atoms with E-state index < -0.39 is 26.8 Å². The molecule has 0 nitrogen and oxygen atoms in total. The largest absolute Gasteiger partial charge is 1.00 e. The van der Waals surface area contributed by atoms with Gasteiger partial charge in [0.15, 0.2) is 0 Å². The third-order valence-electron chi connectivity index (χ3n) is 4.98. The molecule has 2 atom stereocenters. The second-order valence-corrected chi connectivity index (χ2v) is 26.9. The van der Waals surface area contributed by atoms with Crippen LogP contribution in [-0.2, 0) is 20.9 Å². The standard InChI is InChI=1S/2C9H7.C2H7Si.Zr.2H/c2*1-2-5-9-7-3-6-8(9)4-1;1-3-2;;;/h2*1-7H;3H,1-2H3;;;/q;;;+2;2*-1. The molecule has 22 heavy (non-hydrogen) atoms. The van der Waals surface area contributed by atoms with Crippen LogP contribution in [0.4, 0.5) is 0 Å². The number of allylic oxidation sites excluding steroid dienone is 2. The van der Waals surface area contributed by atoms with Gasteiger partial charge in [0.25, 0.3) is 0 Å². The van der Waals surface area contributed by atoms with Crippen molar-refractivity contribution in [3.05, 3.63) is 82.9 Å². The van der Waals surface area contributed by atoms with Crippen LogP contribution in [0.1, 0.15) is 32.4 Å². The Labute approximate surface area is 144 Å². The average molecular weight is 383 g/mol. The minimum absolute atomic E-state index is 0. The van der Waals surface area contributed by atoms with Crippen molar-refractivity contribution in [3.63, 3.8) is 0 Å². The summed E-state index contributed by atoms with van der Waals surface area (Å²) in [7, 11) is 0. The molecular formula is C20H23SiZr. The zero-order valence-electron chi connectivity index (χ0n) is 15.2. The summed E-state index contributed by atoms with van der Waals surface area (Å²) < 4.78 is 1.57. The van der Waals surface area contributed by atoms with E-state index in [0.717, 1.165) is 7.25 Å². The maximum absolute atomic E-state index is 2.60. The average Bonchev–Trinajstić information content (AvgIpc) is 3.13. The van der Waals surface area contributed by atoms with Gasteiger partial charge >= 0.3 is 142 Å². The first-order chi connectivity index (χ1) is 10.8.